The van der Waals surface area contributed by atoms with E-state index in [4.69, 9.17) is 0 Å². The van der Waals surface area contributed by atoms with Gasteiger partial charge in [0.15, 0.2) is 6.16 Å². The number of phenols is 1. The van der Waals surface area contributed by atoms with Crippen LogP contribution in [-0.2, 0) is 6.42 Å². The van der Waals surface area contributed by atoms with Crippen LogP contribution < -0.4 is 0 Å². The number of aryl methyl sites for hydroxylation is 2. The molecule has 0 aromatic heterocycles. The summed E-state index contributed by atoms with van der Waals surface area (Å²) in [5, 5.41) is 10.0. The van der Waals surface area contributed by atoms with Gasteiger partial charge in [0.1, 0.15) is 11.9 Å². The lowest BCUT2D eigenvalue weighted by Crippen LogP contribution is -2.13. The van der Waals surface area contributed by atoms with E-state index in [-0.39, 0.29) is 24.0 Å². The van der Waals surface area contributed by atoms with Gasteiger partial charge in [-0.2, -0.15) is 0 Å². The molecule has 0 aliphatic rings. The molecule has 0 amide bonds. The highest BCUT2D eigenvalue weighted by atomic mass is 31.2. The Balaban J connectivity index is 2.27. The molecule has 2 aromatic carbocycles. The summed E-state index contributed by atoms with van der Waals surface area (Å²) in [6.07, 6.45) is 1.47. The molecular formula is C23H32O4P+. The fourth-order valence-corrected chi connectivity index (χ4v) is 5.09. The zero-order chi connectivity index (χ0) is 21.1. The normalized spacial score (nSPS) is 11.9. The summed E-state index contributed by atoms with van der Waals surface area (Å²) in [5.41, 5.74) is 5.76. The van der Waals surface area contributed by atoms with Gasteiger partial charge < -0.3 is 5.11 Å². The molecule has 0 aliphatic carbocycles. The van der Waals surface area contributed by atoms with E-state index in [1.165, 1.54) is 0 Å². The predicted octanol–water partition coefficient (Wildman–Crippen LogP) is 5.15. The highest BCUT2D eigenvalue weighted by Crippen LogP contribution is 2.50. The van der Waals surface area contributed by atoms with Crippen LogP contribution in [-0.4, -0.2) is 33.0 Å². The van der Waals surface area contributed by atoms with Crippen molar-refractivity contribution in [1.82, 2.24) is 0 Å². The topological polar surface area (TPSA) is 77.8 Å². The van der Waals surface area contributed by atoms with Crippen LogP contribution in [0.2, 0.25) is 0 Å². The van der Waals surface area contributed by atoms with Crippen LogP contribution in [0.3, 0.4) is 0 Å². The summed E-state index contributed by atoms with van der Waals surface area (Å²) in [4.78, 5) is 32.7. The van der Waals surface area contributed by atoms with Gasteiger partial charge in [-0.05, 0) is 78.6 Å². The molecule has 4 nitrogen and oxygen atoms in total. The number of Topliss-reactive ketones (excluding diaryl/α,β-unsaturated/α-hetero) is 1. The van der Waals surface area contributed by atoms with Gasteiger partial charge in [0.25, 0.3) is 7.72 Å². The standard InChI is InChI=1S/C23H31O4P/c1-6-9-28(26,27)14-23(25)19-10-16(4)21(17(5)11-19)13-18-7-8-22(24)20(12-18)15(2)3/h7-8,10-12,15,26-27H,6,9,13-14H2,1-5H3/p+1. The number of rotatable bonds is 8. The molecule has 152 valence electrons. The van der Waals surface area contributed by atoms with Crippen LogP contribution in [0.1, 0.15) is 71.3 Å². The van der Waals surface area contributed by atoms with Crippen LogP contribution >= 0.6 is 7.72 Å². The Kier molecular flexibility index (Phi) is 7.39. The molecular weight excluding hydrogens is 371 g/mol. The molecule has 0 saturated heterocycles. The van der Waals surface area contributed by atoms with Crippen molar-refractivity contribution < 1.29 is 19.7 Å². The highest BCUT2D eigenvalue weighted by Gasteiger charge is 2.35. The lowest BCUT2D eigenvalue weighted by atomic mass is 9.91. The van der Waals surface area contributed by atoms with Gasteiger partial charge in [-0.3, -0.25) is 4.79 Å². The second-order valence-electron chi connectivity index (χ2n) is 8.00. The first kappa shape index (κ1) is 22.5. The Morgan fingerprint density at radius 1 is 1.07 bits per heavy atom. The van der Waals surface area contributed by atoms with Gasteiger partial charge in [0.2, 0.25) is 5.78 Å². The Morgan fingerprint density at radius 2 is 1.68 bits per heavy atom. The molecule has 0 heterocycles. The zero-order valence-electron chi connectivity index (χ0n) is 17.5. The fraction of sp³-hybridized carbons (Fsp3) is 0.435. The van der Waals surface area contributed by atoms with Crippen molar-refractivity contribution in [3.63, 3.8) is 0 Å². The molecule has 0 aliphatic heterocycles. The first-order chi connectivity index (χ1) is 13.0. The molecule has 0 bridgehead atoms. The number of ketones is 1. The highest BCUT2D eigenvalue weighted by molar-refractivity contribution is 7.65. The van der Waals surface area contributed by atoms with Crippen LogP contribution in [0.15, 0.2) is 30.3 Å². The third-order valence-electron chi connectivity index (χ3n) is 5.09. The molecule has 2 rings (SSSR count). The van der Waals surface area contributed by atoms with E-state index in [1.54, 1.807) is 6.07 Å². The molecule has 0 saturated carbocycles. The predicted molar refractivity (Wildman–Crippen MR) is 117 cm³/mol. The van der Waals surface area contributed by atoms with E-state index < -0.39 is 7.72 Å². The maximum atomic E-state index is 12.5. The number of benzene rings is 2. The van der Waals surface area contributed by atoms with Crippen molar-refractivity contribution in [3.05, 3.63) is 63.7 Å². The van der Waals surface area contributed by atoms with Gasteiger partial charge in [0.05, 0.1) is 0 Å². The Labute approximate surface area is 168 Å². The lowest BCUT2D eigenvalue weighted by Gasteiger charge is -2.15. The van der Waals surface area contributed by atoms with Gasteiger partial charge in [0, 0.05) is 5.56 Å². The lowest BCUT2D eigenvalue weighted by molar-refractivity contribution is 0.101. The monoisotopic (exact) mass is 403 g/mol. The third kappa shape index (κ3) is 5.64. The molecule has 5 heteroatoms. The van der Waals surface area contributed by atoms with Crippen LogP contribution in [0.4, 0.5) is 0 Å². The smallest absolute Gasteiger partial charge is 0.275 e. The average Bonchev–Trinajstić information content (AvgIpc) is 2.58. The Morgan fingerprint density at radius 3 is 2.21 bits per heavy atom. The molecule has 0 spiro atoms. The quantitative estimate of drug-likeness (QED) is 0.421. The van der Waals surface area contributed by atoms with Gasteiger partial charge in [-0.15, -0.1) is 0 Å². The number of hydrogen-bond donors (Lipinski definition) is 3. The third-order valence-corrected chi connectivity index (χ3v) is 7.05. The summed E-state index contributed by atoms with van der Waals surface area (Å²) < 4.78 is 0. The van der Waals surface area contributed by atoms with Crippen molar-refractivity contribution >= 4 is 13.5 Å². The van der Waals surface area contributed by atoms with E-state index in [1.807, 2.05) is 45.0 Å². The number of carbonyl (C=O) groups is 1. The maximum Gasteiger partial charge on any atom is 0.275 e. The minimum atomic E-state index is -3.15. The molecule has 0 radical (unpaired) electrons. The van der Waals surface area contributed by atoms with Crippen molar-refractivity contribution in [2.45, 2.75) is 53.4 Å². The van der Waals surface area contributed by atoms with Gasteiger partial charge in [-0.1, -0.05) is 32.9 Å². The second-order valence-corrected chi connectivity index (χ2v) is 10.5. The van der Waals surface area contributed by atoms with Crippen molar-refractivity contribution in [2.24, 2.45) is 0 Å². The van der Waals surface area contributed by atoms with Crippen LogP contribution in [0, 0.1) is 13.8 Å². The number of carbonyl (C=O) groups excluding carboxylic acids is 1. The summed E-state index contributed by atoms with van der Waals surface area (Å²) in [6, 6.07) is 9.41. The van der Waals surface area contributed by atoms with Crippen molar-refractivity contribution in [2.75, 3.05) is 12.3 Å². The first-order valence-corrected chi connectivity index (χ1v) is 11.9. The largest absolute Gasteiger partial charge is 0.508 e. The fourth-order valence-electron chi connectivity index (χ4n) is 3.57. The van der Waals surface area contributed by atoms with Crippen molar-refractivity contribution in [3.8, 4) is 5.75 Å². The number of hydrogen-bond acceptors (Lipinski definition) is 4. The molecule has 0 fully saturated rings. The summed E-state index contributed by atoms with van der Waals surface area (Å²) >= 11 is 0. The molecule has 0 unspecified atom stereocenters. The zero-order valence-corrected chi connectivity index (χ0v) is 18.4. The first-order valence-electron chi connectivity index (χ1n) is 9.81. The minimum Gasteiger partial charge on any atom is -0.508 e. The molecule has 0 atom stereocenters. The van der Waals surface area contributed by atoms with Gasteiger partial charge >= 0.3 is 0 Å². The van der Waals surface area contributed by atoms with Gasteiger partial charge in [-0.25, -0.2) is 9.79 Å². The summed E-state index contributed by atoms with van der Waals surface area (Å²) in [7, 11) is -3.15. The van der Waals surface area contributed by atoms with E-state index in [9.17, 15) is 19.7 Å². The van der Waals surface area contributed by atoms with Crippen LogP contribution in [0.25, 0.3) is 0 Å². The summed E-state index contributed by atoms with van der Waals surface area (Å²) in [5.74, 6) is 0.349. The van der Waals surface area contributed by atoms with Crippen LogP contribution in [0.5, 0.6) is 5.75 Å². The SMILES string of the molecule is CCC[P+](O)(O)CC(=O)c1cc(C)c(Cc2ccc(O)c(C(C)C)c2)c(C)c1. The average molecular weight is 403 g/mol. The number of phenolic OH excluding ortho intramolecular Hbond substituents is 1. The second kappa shape index (κ2) is 9.17. The molecule has 28 heavy (non-hydrogen) atoms. The van der Waals surface area contributed by atoms with Crippen molar-refractivity contribution in [1.29, 1.82) is 0 Å². The molecule has 3 N–H and O–H groups in total. The van der Waals surface area contributed by atoms with E-state index >= 15 is 0 Å². The van der Waals surface area contributed by atoms with E-state index in [0.717, 1.165) is 34.2 Å². The minimum absolute atomic E-state index is 0.186. The maximum absolute atomic E-state index is 12.5. The Bertz CT molecular complexity index is 833. The summed E-state index contributed by atoms with van der Waals surface area (Å²) in [6.45, 7) is 9.95. The number of aromatic hydroxyl groups is 1. The van der Waals surface area contributed by atoms with E-state index in [0.29, 0.717) is 17.7 Å². The Hall–Kier alpha value is -1.74. The van der Waals surface area contributed by atoms with E-state index in [2.05, 4.69) is 13.8 Å². The molecule has 2 aromatic rings.